The first-order valence-electron chi connectivity index (χ1n) is 10.9. The Morgan fingerprint density at radius 2 is 1.19 bits per heavy atom. The second-order valence-corrected chi connectivity index (χ2v) is 8.49. The Hall–Kier alpha value is -0.930. The van der Waals surface area contributed by atoms with Gasteiger partial charge in [-0.15, -0.1) is 0 Å². The molecule has 0 amide bonds. The first-order chi connectivity index (χ1) is 13.0. The third-order valence-corrected chi connectivity index (χ3v) is 4.68. The Balaban J connectivity index is 1.75. The monoisotopic (exact) mass is 380 g/mol. The number of benzene rings is 1. The van der Waals surface area contributed by atoms with Crippen LogP contribution in [0.1, 0.15) is 90.5 Å². The van der Waals surface area contributed by atoms with Gasteiger partial charge in [0, 0.05) is 6.61 Å². The summed E-state index contributed by atoms with van der Waals surface area (Å²) in [6, 6.07) is 6.92. The lowest BCUT2D eigenvalue weighted by Gasteiger charge is -2.19. The van der Waals surface area contributed by atoms with Gasteiger partial charge < -0.3 is 9.47 Å². The minimum Gasteiger partial charge on any atom is -0.379 e. The normalized spacial score (nSPS) is 11.9. The van der Waals surface area contributed by atoms with Crippen LogP contribution in [0.5, 0.6) is 0 Å². The van der Waals surface area contributed by atoms with Crippen molar-refractivity contribution in [2.75, 3.05) is 19.8 Å². The molecule has 0 aromatic heterocycles. The molecular formula is C24H41FO2. The average molecular weight is 381 g/mol. The van der Waals surface area contributed by atoms with Crippen molar-refractivity contribution < 1.29 is 13.9 Å². The first kappa shape index (κ1) is 24.1. The van der Waals surface area contributed by atoms with E-state index in [1.807, 2.05) is 12.1 Å². The van der Waals surface area contributed by atoms with Crippen LogP contribution < -0.4 is 0 Å². The van der Waals surface area contributed by atoms with E-state index in [0.717, 1.165) is 13.0 Å². The molecule has 0 atom stereocenters. The highest BCUT2D eigenvalue weighted by molar-refractivity contribution is 5.15. The second kappa shape index (κ2) is 15.0. The molecular weight excluding hydrogens is 339 g/mol. The minimum absolute atomic E-state index is 0.0635. The van der Waals surface area contributed by atoms with Crippen molar-refractivity contribution in [1.82, 2.24) is 0 Å². The van der Waals surface area contributed by atoms with Crippen molar-refractivity contribution in [2.24, 2.45) is 0 Å². The van der Waals surface area contributed by atoms with E-state index in [1.54, 1.807) is 12.1 Å². The summed E-state index contributed by atoms with van der Waals surface area (Å²) in [4.78, 5) is 0. The number of hydrogen-bond donors (Lipinski definition) is 0. The molecule has 0 N–H and O–H groups in total. The van der Waals surface area contributed by atoms with Crippen LogP contribution in [0.15, 0.2) is 24.3 Å². The van der Waals surface area contributed by atoms with Gasteiger partial charge in [-0.05, 0) is 57.7 Å². The smallest absolute Gasteiger partial charge is 0.123 e. The fourth-order valence-electron chi connectivity index (χ4n) is 3.11. The van der Waals surface area contributed by atoms with Crippen LogP contribution in [-0.4, -0.2) is 25.4 Å². The maximum atomic E-state index is 12.8. The van der Waals surface area contributed by atoms with Gasteiger partial charge in [0.15, 0.2) is 0 Å². The molecule has 2 nitrogen and oxygen atoms in total. The molecule has 0 heterocycles. The van der Waals surface area contributed by atoms with E-state index in [0.29, 0.717) is 13.2 Å². The third-order valence-electron chi connectivity index (χ3n) is 4.68. The Bertz CT molecular complexity index is 450. The molecule has 0 saturated heterocycles. The summed E-state index contributed by atoms with van der Waals surface area (Å²) >= 11 is 0. The Morgan fingerprint density at radius 1 is 0.667 bits per heavy atom. The van der Waals surface area contributed by atoms with Crippen molar-refractivity contribution in [3.63, 3.8) is 0 Å². The minimum atomic E-state index is -0.142. The molecule has 0 aliphatic carbocycles. The lowest BCUT2D eigenvalue weighted by Crippen LogP contribution is -2.21. The van der Waals surface area contributed by atoms with Gasteiger partial charge in [0.1, 0.15) is 5.82 Å². The SMILES string of the molecule is CC(C)(C)OCCOCCCCCCCCCCCCc1ccc(F)cc1. The number of ether oxygens (including phenoxy) is 2. The molecule has 1 aromatic carbocycles. The van der Waals surface area contributed by atoms with Crippen molar-refractivity contribution in [1.29, 1.82) is 0 Å². The quantitative estimate of drug-likeness (QED) is 0.285. The topological polar surface area (TPSA) is 18.5 Å². The fourth-order valence-corrected chi connectivity index (χ4v) is 3.11. The largest absolute Gasteiger partial charge is 0.379 e. The van der Waals surface area contributed by atoms with E-state index in [9.17, 15) is 4.39 Å². The summed E-state index contributed by atoms with van der Waals surface area (Å²) in [5, 5.41) is 0. The molecule has 0 bridgehead atoms. The van der Waals surface area contributed by atoms with Crippen LogP contribution >= 0.6 is 0 Å². The summed E-state index contributed by atoms with van der Waals surface area (Å²) < 4.78 is 24.1. The van der Waals surface area contributed by atoms with E-state index >= 15 is 0 Å². The van der Waals surface area contributed by atoms with Gasteiger partial charge in [0.05, 0.1) is 18.8 Å². The maximum Gasteiger partial charge on any atom is 0.123 e. The number of aryl methyl sites for hydroxylation is 1. The molecule has 0 saturated carbocycles. The van der Waals surface area contributed by atoms with Crippen LogP contribution in [-0.2, 0) is 15.9 Å². The first-order valence-corrected chi connectivity index (χ1v) is 10.9. The molecule has 1 rings (SSSR count). The van der Waals surface area contributed by atoms with Gasteiger partial charge >= 0.3 is 0 Å². The van der Waals surface area contributed by atoms with Gasteiger partial charge in [-0.1, -0.05) is 63.5 Å². The van der Waals surface area contributed by atoms with Crippen molar-refractivity contribution in [2.45, 2.75) is 97.0 Å². The number of rotatable bonds is 16. The molecule has 0 aliphatic heterocycles. The van der Waals surface area contributed by atoms with Crippen molar-refractivity contribution in [3.8, 4) is 0 Å². The van der Waals surface area contributed by atoms with Crippen LogP contribution in [0.25, 0.3) is 0 Å². The zero-order valence-corrected chi connectivity index (χ0v) is 17.9. The molecule has 0 fully saturated rings. The Labute approximate surface area is 166 Å². The third kappa shape index (κ3) is 15.8. The van der Waals surface area contributed by atoms with E-state index in [1.165, 1.54) is 69.8 Å². The number of hydrogen-bond acceptors (Lipinski definition) is 2. The van der Waals surface area contributed by atoms with E-state index in [4.69, 9.17) is 9.47 Å². The van der Waals surface area contributed by atoms with Gasteiger partial charge in [-0.2, -0.15) is 0 Å². The van der Waals surface area contributed by atoms with Crippen LogP contribution in [0, 0.1) is 5.82 Å². The molecule has 3 heteroatoms. The number of halogens is 1. The lowest BCUT2D eigenvalue weighted by molar-refractivity contribution is -0.0351. The van der Waals surface area contributed by atoms with Gasteiger partial charge in [0.2, 0.25) is 0 Å². The van der Waals surface area contributed by atoms with Crippen LogP contribution in [0.4, 0.5) is 4.39 Å². The van der Waals surface area contributed by atoms with E-state index in [2.05, 4.69) is 20.8 Å². The Kier molecular flexibility index (Phi) is 13.4. The van der Waals surface area contributed by atoms with Crippen molar-refractivity contribution >= 4 is 0 Å². The van der Waals surface area contributed by atoms with Crippen molar-refractivity contribution in [3.05, 3.63) is 35.6 Å². The lowest BCUT2D eigenvalue weighted by atomic mass is 10.0. The highest BCUT2D eigenvalue weighted by atomic mass is 19.1. The van der Waals surface area contributed by atoms with Gasteiger partial charge in [0.25, 0.3) is 0 Å². The highest BCUT2D eigenvalue weighted by Gasteiger charge is 2.08. The zero-order valence-electron chi connectivity index (χ0n) is 17.9. The van der Waals surface area contributed by atoms with Crippen LogP contribution in [0.3, 0.4) is 0 Å². The van der Waals surface area contributed by atoms with Gasteiger partial charge in [-0.3, -0.25) is 0 Å². The molecule has 0 spiro atoms. The Morgan fingerprint density at radius 3 is 1.74 bits per heavy atom. The van der Waals surface area contributed by atoms with Crippen LogP contribution in [0.2, 0.25) is 0 Å². The predicted molar refractivity (Wildman–Crippen MR) is 113 cm³/mol. The molecule has 156 valence electrons. The summed E-state index contributed by atoms with van der Waals surface area (Å²) in [5.41, 5.74) is 1.19. The van der Waals surface area contributed by atoms with Gasteiger partial charge in [-0.25, -0.2) is 4.39 Å². The zero-order chi connectivity index (χ0) is 19.8. The molecule has 27 heavy (non-hydrogen) atoms. The standard InChI is InChI=1S/C24H41FO2/c1-24(2,3)27-21-20-26-19-13-11-9-7-5-4-6-8-10-12-14-22-15-17-23(25)18-16-22/h15-18H,4-14,19-21H2,1-3H3. The molecule has 0 aliphatic rings. The summed E-state index contributed by atoms with van der Waals surface area (Å²) in [5.74, 6) is -0.142. The molecule has 0 radical (unpaired) electrons. The summed E-state index contributed by atoms with van der Waals surface area (Å²) in [6.07, 6.45) is 14.1. The fraction of sp³-hybridized carbons (Fsp3) is 0.750. The highest BCUT2D eigenvalue weighted by Crippen LogP contribution is 2.13. The number of unbranched alkanes of at least 4 members (excludes halogenated alkanes) is 9. The van der Waals surface area contributed by atoms with E-state index in [-0.39, 0.29) is 11.4 Å². The molecule has 0 unspecified atom stereocenters. The molecule has 1 aromatic rings. The second-order valence-electron chi connectivity index (χ2n) is 8.49. The maximum absolute atomic E-state index is 12.8. The summed E-state index contributed by atoms with van der Waals surface area (Å²) in [7, 11) is 0. The predicted octanol–water partition coefficient (Wildman–Crippen LogP) is 7.10. The van der Waals surface area contributed by atoms with E-state index < -0.39 is 0 Å². The average Bonchev–Trinajstić information content (AvgIpc) is 2.62. The summed E-state index contributed by atoms with van der Waals surface area (Å²) in [6.45, 7) is 8.47.